The first-order valence-corrected chi connectivity index (χ1v) is 5.72. The van der Waals surface area contributed by atoms with Gasteiger partial charge in [0, 0.05) is 6.04 Å². The minimum Gasteiger partial charge on any atom is -0.466 e. The van der Waals surface area contributed by atoms with Gasteiger partial charge in [-0.05, 0) is 32.6 Å². The van der Waals surface area contributed by atoms with Crippen LogP contribution in [0.4, 0.5) is 0 Å². The normalized spacial score (nSPS) is 23.4. The first-order valence-electron chi connectivity index (χ1n) is 5.72. The lowest BCUT2D eigenvalue weighted by Crippen LogP contribution is -2.31. The zero-order chi connectivity index (χ0) is 12.0. The summed E-state index contributed by atoms with van der Waals surface area (Å²) in [6.07, 6.45) is 2.94. The van der Waals surface area contributed by atoms with E-state index in [1.807, 2.05) is 0 Å². The van der Waals surface area contributed by atoms with Gasteiger partial charge in [0.1, 0.15) is 12.5 Å². The van der Waals surface area contributed by atoms with Gasteiger partial charge >= 0.3 is 11.9 Å². The Morgan fingerprint density at radius 1 is 1.18 bits per heavy atom. The van der Waals surface area contributed by atoms with Crippen LogP contribution in [0, 0.1) is 0 Å². The van der Waals surface area contributed by atoms with Crippen molar-refractivity contribution < 1.29 is 19.1 Å². The van der Waals surface area contributed by atoms with Crippen molar-refractivity contribution in [3.05, 3.63) is 0 Å². The van der Waals surface area contributed by atoms with Crippen LogP contribution in [0.2, 0.25) is 0 Å². The van der Waals surface area contributed by atoms with Gasteiger partial charge < -0.3 is 15.2 Å². The first kappa shape index (κ1) is 16.2. The Balaban J connectivity index is 0.00000256. The molecule has 0 radical (unpaired) electrons. The van der Waals surface area contributed by atoms with Crippen molar-refractivity contribution in [1.29, 1.82) is 0 Å². The molecule has 0 aromatic heterocycles. The molecule has 1 fully saturated rings. The summed E-state index contributed by atoms with van der Waals surface area (Å²) in [5.74, 6) is -1.03. The molecule has 1 aliphatic rings. The van der Waals surface area contributed by atoms with E-state index in [0.717, 1.165) is 25.7 Å². The highest BCUT2D eigenvalue weighted by Gasteiger charge is 2.22. The second-order valence-corrected chi connectivity index (χ2v) is 4.01. The van der Waals surface area contributed by atoms with Gasteiger partial charge in [0.2, 0.25) is 0 Å². The van der Waals surface area contributed by atoms with Crippen LogP contribution < -0.4 is 5.73 Å². The second kappa shape index (κ2) is 8.31. The zero-order valence-electron chi connectivity index (χ0n) is 10.0. The number of esters is 2. The van der Waals surface area contributed by atoms with Gasteiger partial charge in [-0.15, -0.1) is 12.4 Å². The number of halogens is 1. The van der Waals surface area contributed by atoms with Gasteiger partial charge in [0.25, 0.3) is 0 Å². The van der Waals surface area contributed by atoms with E-state index in [1.54, 1.807) is 6.92 Å². The molecule has 1 saturated carbocycles. The summed E-state index contributed by atoms with van der Waals surface area (Å²) < 4.78 is 9.82. The van der Waals surface area contributed by atoms with Crippen LogP contribution >= 0.6 is 12.4 Å². The molecule has 0 bridgehead atoms. The van der Waals surface area contributed by atoms with Crippen molar-refractivity contribution in [1.82, 2.24) is 0 Å². The Morgan fingerprint density at radius 3 is 2.29 bits per heavy atom. The molecule has 0 heterocycles. The predicted molar refractivity (Wildman–Crippen MR) is 64.8 cm³/mol. The topological polar surface area (TPSA) is 78.6 Å². The van der Waals surface area contributed by atoms with Crippen LogP contribution in [-0.4, -0.2) is 30.7 Å². The van der Waals surface area contributed by atoms with Gasteiger partial charge in [0.05, 0.1) is 6.61 Å². The fourth-order valence-electron chi connectivity index (χ4n) is 1.76. The maximum atomic E-state index is 11.3. The average molecular weight is 266 g/mol. The van der Waals surface area contributed by atoms with Crippen LogP contribution in [0.1, 0.15) is 39.0 Å². The molecule has 0 aliphatic heterocycles. The van der Waals surface area contributed by atoms with Crippen molar-refractivity contribution in [2.45, 2.75) is 51.2 Å². The van der Waals surface area contributed by atoms with Gasteiger partial charge in [-0.25, -0.2) is 0 Å². The minimum atomic E-state index is -0.528. The monoisotopic (exact) mass is 265 g/mol. The lowest BCUT2D eigenvalue weighted by molar-refractivity contribution is -0.158. The van der Waals surface area contributed by atoms with Gasteiger partial charge in [-0.1, -0.05) is 0 Å². The number of carbonyl (C=O) groups excluding carboxylic acids is 2. The molecule has 6 heteroatoms. The van der Waals surface area contributed by atoms with Crippen molar-refractivity contribution in [3.63, 3.8) is 0 Å². The molecule has 0 atom stereocenters. The van der Waals surface area contributed by atoms with E-state index >= 15 is 0 Å². The molecular formula is C11H20ClNO4. The highest BCUT2D eigenvalue weighted by atomic mass is 35.5. The van der Waals surface area contributed by atoms with Crippen LogP contribution in [-0.2, 0) is 19.1 Å². The number of hydrogen-bond acceptors (Lipinski definition) is 5. The van der Waals surface area contributed by atoms with Crippen molar-refractivity contribution in [2.24, 2.45) is 5.73 Å². The molecule has 0 aromatic rings. The van der Waals surface area contributed by atoms with Gasteiger partial charge in [0.15, 0.2) is 0 Å². The van der Waals surface area contributed by atoms with Crippen LogP contribution in [0.3, 0.4) is 0 Å². The van der Waals surface area contributed by atoms with E-state index in [0.29, 0.717) is 0 Å². The minimum absolute atomic E-state index is 0. The standard InChI is InChI=1S/C11H19NO4.ClH/c1-2-15-10(13)7-11(14)16-9-5-3-8(12)4-6-9;/h8-9H,2-7,12H2,1H3;1H. The highest BCUT2D eigenvalue weighted by molar-refractivity contribution is 5.91. The Morgan fingerprint density at radius 2 is 1.76 bits per heavy atom. The molecule has 0 aromatic carbocycles. The van der Waals surface area contributed by atoms with Crippen LogP contribution in [0.5, 0.6) is 0 Å². The van der Waals surface area contributed by atoms with Crippen molar-refractivity contribution >= 4 is 24.3 Å². The smallest absolute Gasteiger partial charge is 0.317 e. The van der Waals surface area contributed by atoms with E-state index in [9.17, 15) is 9.59 Å². The van der Waals surface area contributed by atoms with E-state index in [-0.39, 0.29) is 37.6 Å². The predicted octanol–water partition coefficient (Wildman–Crippen LogP) is 1.17. The lowest BCUT2D eigenvalue weighted by atomic mass is 9.94. The summed E-state index contributed by atoms with van der Waals surface area (Å²) in [4.78, 5) is 22.3. The molecule has 0 amide bonds. The number of ether oxygens (including phenoxy) is 2. The summed E-state index contributed by atoms with van der Waals surface area (Å²) in [5.41, 5.74) is 5.73. The number of rotatable bonds is 4. The first-order chi connectivity index (χ1) is 7.61. The van der Waals surface area contributed by atoms with Crippen LogP contribution in [0.15, 0.2) is 0 Å². The number of carbonyl (C=O) groups is 2. The lowest BCUT2D eigenvalue weighted by Gasteiger charge is -2.25. The maximum absolute atomic E-state index is 11.3. The van der Waals surface area contributed by atoms with Gasteiger partial charge in [-0.3, -0.25) is 9.59 Å². The molecule has 2 N–H and O–H groups in total. The van der Waals surface area contributed by atoms with Crippen molar-refractivity contribution in [3.8, 4) is 0 Å². The molecule has 0 spiro atoms. The van der Waals surface area contributed by atoms with E-state index in [1.165, 1.54) is 0 Å². The third kappa shape index (κ3) is 6.48. The summed E-state index contributed by atoms with van der Waals surface area (Å²) in [7, 11) is 0. The number of nitrogens with two attached hydrogens (primary N) is 1. The molecular weight excluding hydrogens is 246 g/mol. The molecule has 100 valence electrons. The zero-order valence-corrected chi connectivity index (χ0v) is 10.8. The Kier molecular flexibility index (Phi) is 7.91. The molecule has 17 heavy (non-hydrogen) atoms. The van der Waals surface area contributed by atoms with Crippen molar-refractivity contribution in [2.75, 3.05) is 6.61 Å². The Hall–Kier alpha value is -0.810. The Labute approximate surface area is 107 Å². The fraction of sp³-hybridized carbons (Fsp3) is 0.818. The molecule has 0 saturated heterocycles. The quantitative estimate of drug-likeness (QED) is 0.610. The number of hydrogen-bond donors (Lipinski definition) is 1. The summed E-state index contributed by atoms with van der Waals surface area (Å²) in [6, 6.07) is 0.222. The van der Waals surface area contributed by atoms with E-state index in [2.05, 4.69) is 4.74 Å². The third-order valence-corrected chi connectivity index (χ3v) is 2.61. The van der Waals surface area contributed by atoms with E-state index in [4.69, 9.17) is 10.5 Å². The Bertz CT molecular complexity index is 252. The summed E-state index contributed by atoms with van der Waals surface area (Å²) in [6.45, 7) is 1.98. The maximum Gasteiger partial charge on any atom is 0.317 e. The third-order valence-electron chi connectivity index (χ3n) is 2.61. The van der Waals surface area contributed by atoms with E-state index < -0.39 is 11.9 Å². The van der Waals surface area contributed by atoms with Crippen LogP contribution in [0.25, 0.3) is 0 Å². The molecule has 1 rings (SSSR count). The summed E-state index contributed by atoms with van der Waals surface area (Å²) >= 11 is 0. The fourth-order valence-corrected chi connectivity index (χ4v) is 1.76. The molecule has 1 aliphatic carbocycles. The van der Waals surface area contributed by atoms with Gasteiger partial charge in [-0.2, -0.15) is 0 Å². The largest absolute Gasteiger partial charge is 0.466 e. The highest BCUT2D eigenvalue weighted by Crippen LogP contribution is 2.20. The molecule has 5 nitrogen and oxygen atoms in total. The second-order valence-electron chi connectivity index (χ2n) is 4.01. The summed E-state index contributed by atoms with van der Waals surface area (Å²) in [5, 5.41) is 0. The average Bonchev–Trinajstić information content (AvgIpc) is 2.21. The molecule has 0 unspecified atom stereocenters. The SMILES string of the molecule is CCOC(=O)CC(=O)OC1CCC(N)CC1.Cl.